The van der Waals surface area contributed by atoms with Gasteiger partial charge in [-0.2, -0.15) is 5.10 Å². The molecule has 3 rings (SSSR count). The Balaban J connectivity index is 1.63. The third kappa shape index (κ3) is 8.19. The Bertz CT molecular complexity index is 1270. The number of benzene rings is 2. The maximum atomic E-state index is 12.2. The van der Waals surface area contributed by atoms with Crippen molar-refractivity contribution in [3.05, 3.63) is 74.1 Å². The van der Waals surface area contributed by atoms with Crippen LogP contribution < -0.4 is 14.9 Å². The van der Waals surface area contributed by atoms with Gasteiger partial charge in [-0.25, -0.2) is 20.2 Å². The highest BCUT2D eigenvalue weighted by Crippen LogP contribution is 2.34. The third-order valence-electron chi connectivity index (χ3n) is 4.59. The van der Waals surface area contributed by atoms with Crippen LogP contribution in [0.15, 0.2) is 52.7 Å². The average molecular weight is 620 g/mol. The Labute approximate surface area is 226 Å². The maximum absolute atomic E-state index is 12.2. The van der Waals surface area contributed by atoms with Crippen molar-refractivity contribution in [2.75, 3.05) is 12.4 Å². The molecular formula is C25H25IN4O5S. The van der Waals surface area contributed by atoms with Crippen molar-refractivity contribution >= 4 is 52.4 Å². The first-order valence-electron chi connectivity index (χ1n) is 10.9. The second kappa shape index (κ2) is 13.2. The van der Waals surface area contributed by atoms with Gasteiger partial charge in [0.1, 0.15) is 6.61 Å². The van der Waals surface area contributed by atoms with Gasteiger partial charge >= 0.3 is 5.97 Å². The quantitative estimate of drug-likeness (QED) is 0.105. The number of amides is 1. The summed E-state index contributed by atoms with van der Waals surface area (Å²) in [5, 5.41) is 13.8. The van der Waals surface area contributed by atoms with Crippen LogP contribution in [0, 0.1) is 17.4 Å². The highest BCUT2D eigenvalue weighted by Gasteiger charge is 2.13. The average Bonchev–Trinajstić information content (AvgIpc) is 2.82. The fraction of sp³-hybridized carbons (Fsp3) is 0.240. The fourth-order valence-electron chi connectivity index (χ4n) is 3.11. The predicted molar refractivity (Wildman–Crippen MR) is 146 cm³/mol. The van der Waals surface area contributed by atoms with E-state index in [1.165, 1.54) is 24.0 Å². The van der Waals surface area contributed by atoms with E-state index < -0.39 is 5.97 Å². The van der Waals surface area contributed by atoms with Crippen LogP contribution in [-0.2, 0) is 11.4 Å². The molecule has 0 fully saturated rings. The van der Waals surface area contributed by atoms with E-state index in [4.69, 9.17) is 9.47 Å². The molecule has 0 aliphatic carbocycles. The van der Waals surface area contributed by atoms with E-state index >= 15 is 0 Å². The number of hydrogen-bond acceptors (Lipinski definition) is 8. The van der Waals surface area contributed by atoms with E-state index in [0.717, 1.165) is 20.5 Å². The summed E-state index contributed by atoms with van der Waals surface area (Å²) >= 11 is 3.38. The number of ether oxygens (including phenoxy) is 2. The molecule has 1 amide bonds. The number of carbonyl (C=O) groups excluding carboxylic acids is 1. The second-order valence-electron chi connectivity index (χ2n) is 7.57. The van der Waals surface area contributed by atoms with Gasteiger partial charge in [-0.1, -0.05) is 23.9 Å². The summed E-state index contributed by atoms with van der Waals surface area (Å²) in [6, 6.07) is 12.1. The SMILES string of the molecule is CCOc1cc(/C=N\NC(=O)CSc2nc(C)cc(C)n2)cc(I)c1OCc1cccc(C(=O)O)c1. The van der Waals surface area contributed by atoms with Gasteiger partial charge in [0.15, 0.2) is 16.7 Å². The number of hydrogen-bond donors (Lipinski definition) is 2. The van der Waals surface area contributed by atoms with Gasteiger partial charge in [-0.05, 0) is 84.8 Å². The summed E-state index contributed by atoms with van der Waals surface area (Å²) in [6.07, 6.45) is 1.53. The summed E-state index contributed by atoms with van der Waals surface area (Å²) in [4.78, 5) is 32.0. The minimum Gasteiger partial charge on any atom is -0.490 e. The summed E-state index contributed by atoms with van der Waals surface area (Å²) in [5.74, 6) is -0.0624. The zero-order valence-corrected chi connectivity index (χ0v) is 22.9. The molecule has 188 valence electrons. The van der Waals surface area contributed by atoms with Gasteiger partial charge in [-0.3, -0.25) is 4.79 Å². The van der Waals surface area contributed by atoms with E-state index in [0.29, 0.717) is 28.8 Å². The number of nitrogens with one attached hydrogen (secondary N) is 1. The number of rotatable bonds is 11. The number of nitrogens with zero attached hydrogens (tertiary/aromatic N) is 3. The van der Waals surface area contributed by atoms with Crippen molar-refractivity contribution in [2.24, 2.45) is 5.10 Å². The molecule has 0 aliphatic heterocycles. The fourth-order valence-corrected chi connectivity index (χ4v) is 4.64. The van der Waals surface area contributed by atoms with Crippen molar-refractivity contribution in [1.82, 2.24) is 15.4 Å². The number of aromatic carboxylic acids is 1. The highest BCUT2D eigenvalue weighted by molar-refractivity contribution is 14.1. The number of aryl methyl sites for hydroxylation is 2. The summed E-state index contributed by atoms with van der Waals surface area (Å²) < 4.78 is 12.5. The Morgan fingerprint density at radius 1 is 1.14 bits per heavy atom. The molecule has 0 unspecified atom stereocenters. The van der Waals surface area contributed by atoms with E-state index in [9.17, 15) is 14.7 Å². The van der Waals surface area contributed by atoms with Crippen LogP contribution in [0.3, 0.4) is 0 Å². The molecular weight excluding hydrogens is 595 g/mol. The zero-order valence-electron chi connectivity index (χ0n) is 19.9. The van der Waals surface area contributed by atoms with E-state index in [2.05, 4.69) is 43.1 Å². The second-order valence-corrected chi connectivity index (χ2v) is 9.68. The summed E-state index contributed by atoms with van der Waals surface area (Å²) in [5.41, 5.74) is 5.85. The lowest BCUT2D eigenvalue weighted by molar-refractivity contribution is -0.118. The van der Waals surface area contributed by atoms with Crippen LogP contribution in [0.1, 0.15) is 39.8 Å². The molecule has 0 bridgehead atoms. The third-order valence-corrected chi connectivity index (χ3v) is 6.23. The number of hydrazone groups is 1. The van der Waals surface area contributed by atoms with Gasteiger partial charge in [0.25, 0.3) is 5.91 Å². The number of carboxylic acids is 1. The molecule has 3 aromatic rings. The van der Waals surface area contributed by atoms with Crippen molar-refractivity contribution in [1.29, 1.82) is 0 Å². The Morgan fingerprint density at radius 3 is 2.58 bits per heavy atom. The molecule has 0 spiro atoms. The number of halogens is 1. The van der Waals surface area contributed by atoms with Crippen molar-refractivity contribution in [3.8, 4) is 11.5 Å². The van der Waals surface area contributed by atoms with Crippen LogP contribution in [0.4, 0.5) is 0 Å². The lowest BCUT2D eigenvalue weighted by Crippen LogP contribution is -2.19. The normalized spacial score (nSPS) is 10.9. The Morgan fingerprint density at radius 2 is 1.89 bits per heavy atom. The van der Waals surface area contributed by atoms with Gasteiger partial charge in [0.05, 0.1) is 27.7 Å². The van der Waals surface area contributed by atoms with Crippen LogP contribution in [0.2, 0.25) is 0 Å². The molecule has 2 aromatic carbocycles. The first kappa shape index (κ1) is 27.4. The minimum absolute atomic E-state index is 0.137. The molecule has 1 aromatic heterocycles. The number of aromatic nitrogens is 2. The number of carbonyl (C=O) groups is 2. The van der Waals surface area contributed by atoms with E-state index in [-0.39, 0.29) is 23.8 Å². The smallest absolute Gasteiger partial charge is 0.335 e. The molecule has 11 heteroatoms. The van der Waals surface area contributed by atoms with Crippen LogP contribution >= 0.6 is 34.4 Å². The highest BCUT2D eigenvalue weighted by atomic mass is 127. The first-order valence-corrected chi connectivity index (χ1v) is 13.0. The summed E-state index contributed by atoms with van der Waals surface area (Å²) in [6.45, 7) is 6.24. The minimum atomic E-state index is -0.991. The van der Waals surface area contributed by atoms with Crippen molar-refractivity contribution in [2.45, 2.75) is 32.5 Å². The molecule has 2 N–H and O–H groups in total. The monoisotopic (exact) mass is 620 g/mol. The molecule has 0 saturated carbocycles. The van der Waals surface area contributed by atoms with Gasteiger partial charge in [-0.15, -0.1) is 0 Å². The molecule has 0 aliphatic rings. The topological polar surface area (TPSA) is 123 Å². The molecule has 0 radical (unpaired) electrons. The predicted octanol–water partition coefficient (Wildman–Crippen LogP) is 4.62. The van der Waals surface area contributed by atoms with Gasteiger partial charge < -0.3 is 14.6 Å². The molecule has 1 heterocycles. The zero-order chi connectivity index (χ0) is 26.1. The number of carboxylic acid groups (broad SMARTS) is 1. The lowest BCUT2D eigenvalue weighted by Gasteiger charge is -2.15. The first-order chi connectivity index (χ1) is 17.2. The maximum Gasteiger partial charge on any atom is 0.335 e. The van der Waals surface area contributed by atoms with Gasteiger partial charge in [0.2, 0.25) is 0 Å². The van der Waals surface area contributed by atoms with Crippen LogP contribution in [0.5, 0.6) is 11.5 Å². The molecule has 0 saturated heterocycles. The molecule has 9 nitrogen and oxygen atoms in total. The van der Waals surface area contributed by atoms with E-state index in [1.54, 1.807) is 24.3 Å². The van der Waals surface area contributed by atoms with Crippen LogP contribution in [-0.4, -0.2) is 45.5 Å². The van der Waals surface area contributed by atoms with Crippen molar-refractivity contribution < 1.29 is 24.2 Å². The number of thioether (sulfide) groups is 1. The molecule has 36 heavy (non-hydrogen) atoms. The summed E-state index contributed by atoms with van der Waals surface area (Å²) in [7, 11) is 0. The Hall–Kier alpha value is -3.19. The molecule has 0 atom stereocenters. The van der Waals surface area contributed by atoms with Crippen LogP contribution in [0.25, 0.3) is 0 Å². The van der Waals surface area contributed by atoms with Gasteiger partial charge in [0, 0.05) is 11.4 Å². The largest absolute Gasteiger partial charge is 0.490 e. The van der Waals surface area contributed by atoms with E-state index in [1.807, 2.05) is 32.9 Å². The standard InChI is InChI=1S/C25H25IN4O5S/c1-4-34-21-11-18(12-27-30-22(31)14-36-25-28-15(2)8-16(3)29-25)10-20(26)23(21)35-13-17-6-5-7-19(9-17)24(32)33/h5-12H,4,13-14H2,1-3H3,(H,30,31)(H,32,33)/b27-12-. The Kier molecular flexibility index (Phi) is 10.1. The van der Waals surface area contributed by atoms with Crippen molar-refractivity contribution in [3.63, 3.8) is 0 Å². The lowest BCUT2D eigenvalue weighted by atomic mass is 10.1.